The lowest BCUT2D eigenvalue weighted by molar-refractivity contribution is -0.120. The normalized spacial score (nSPS) is 27.4. The van der Waals surface area contributed by atoms with Crippen LogP contribution in [0.15, 0.2) is 12.2 Å². The number of allylic oxidation sites excluding steroid dienone is 2. The number of nitrogens with one attached hydrogen (secondary N) is 1. The second kappa shape index (κ2) is 5.64. The molecular weight excluding hydrogens is 270 g/mol. The van der Waals surface area contributed by atoms with Crippen molar-refractivity contribution in [2.24, 2.45) is 17.8 Å². The van der Waals surface area contributed by atoms with Crippen LogP contribution in [0, 0.1) is 17.8 Å². The van der Waals surface area contributed by atoms with Gasteiger partial charge in [-0.25, -0.2) is 0 Å². The third-order valence-corrected chi connectivity index (χ3v) is 5.62. The van der Waals surface area contributed by atoms with E-state index in [1.54, 1.807) is 0 Å². The van der Waals surface area contributed by atoms with Crippen molar-refractivity contribution in [1.82, 2.24) is 10.2 Å². The Morgan fingerprint density at radius 3 is 2.75 bits per heavy atom. The Bertz CT molecular complexity index is 521. The number of amides is 1. The molecule has 1 heterocycles. The second-order valence-electron chi connectivity index (χ2n) is 5.83. The summed E-state index contributed by atoms with van der Waals surface area (Å²) < 4.78 is 0. The zero-order valence-corrected chi connectivity index (χ0v) is 12.8. The molecule has 2 aliphatic rings. The number of fused-ring (bicyclic) bond motifs is 2. The van der Waals surface area contributed by atoms with Crippen LogP contribution in [0.2, 0.25) is 0 Å². The molecule has 1 N–H and O–H groups in total. The lowest BCUT2D eigenvalue weighted by Gasteiger charge is -2.16. The Balaban J connectivity index is 1.63. The molecule has 0 saturated heterocycles. The van der Waals surface area contributed by atoms with Gasteiger partial charge in [0.15, 0.2) is 0 Å². The Labute approximate surface area is 123 Å². The summed E-state index contributed by atoms with van der Waals surface area (Å²) in [5.41, 5.74) is 0. The van der Waals surface area contributed by atoms with Gasteiger partial charge in [0, 0.05) is 11.8 Å². The largest absolute Gasteiger partial charge is 0.300 e. The lowest BCUT2D eigenvalue weighted by atomic mass is 9.93. The maximum absolute atomic E-state index is 12.3. The minimum absolute atomic E-state index is 0.120. The average molecular weight is 291 g/mol. The zero-order valence-electron chi connectivity index (χ0n) is 12.0. The Kier molecular flexibility index (Phi) is 3.87. The van der Waals surface area contributed by atoms with Gasteiger partial charge in [0.25, 0.3) is 0 Å². The Morgan fingerprint density at radius 2 is 2.15 bits per heavy atom. The molecule has 108 valence electrons. The highest BCUT2D eigenvalue weighted by Gasteiger charge is 2.40. The predicted octanol–water partition coefficient (Wildman–Crippen LogP) is 3.59. The minimum atomic E-state index is 0.120. The molecule has 1 fully saturated rings. The van der Waals surface area contributed by atoms with Gasteiger partial charge < -0.3 is 5.32 Å². The van der Waals surface area contributed by atoms with Gasteiger partial charge in [-0.15, -0.1) is 10.2 Å². The second-order valence-corrected chi connectivity index (χ2v) is 6.84. The first-order chi connectivity index (χ1) is 9.71. The first-order valence-electron chi connectivity index (χ1n) is 7.53. The molecule has 5 heteroatoms. The van der Waals surface area contributed by atoms with E-state index in [0.717, 1.165) is 30.7 Å². The van der Waals surface area contributed by atoms with Crippen LogP contribution < -0.4 is 5.32 Å². The zero-order chi connectivity index (χ0) is 14.1. The van der Waals surface area contributed by atoms with Crippen molar-refractivity contribution in [3.05, 3.63) is 17.2 Å². The van der Waals surface area contributed by atoms with Crippen molar-refractivity contribution in [3.63, 3.8) is 0 Å². The van der Waals surface area contributed by atoms with Crippen LogP contribution in [0.3, 0.4) is 0 Å². The molecule has 4 nitrogen and oxygen atoms in total. The van der Waals surface area contributed by atoms with E-state index >= 15 is 0 Å². The van der Waals surface area contributed by atoms with Gasteiger partial charge in [0.2, 0.25) is 11.0 Å². The van der Waals surface area contributed by atoms with Gasteiger partial charge in [-0.3, -0.25) is 4.79 Å². The summed E-state index contributed by atoms with van der Waals surface area (Å²) >= 11 is 1.53. The summed E-state index contributed by atoms with van der Waals surface area (Å²) in [5.74, 6) is 1.76. The topological polar surface area (TPSA) is 54.9 Å². The van der Waals surface area contributed by atoms with Crippen LogP contribution >= 0.6 is 11.3 Å². The lowest BCUT2D eigenvalue weighted by Crippen LogP contribution is -2.25. The summed E-state index contributed by atoms with van der Waals surface area (Å²) in [6.45, 7) is 4.32. The molecule has 1 aromatic heterocycles. The fraction of sp³-hybridized carbons (Fsp3) is 0.667. The maximum atomic E-state index is 12.3. The predicted molar refractivity (Wildman–Crippen MR) is 80.7 cm³/mol. The van der Waals surface area contributed by atoms with E-state index in [1.807, 2.05) is 0 Å². The smallest absolute Gasteiger partial charge is 0.229 e. The quantitative estimate of drug-likeness (QED) is 0.843. The van der Waals surface area contributed by atoms with Crippen LogP contribution in [0.25, 0.3) is 0 Å². The average Bonchev–Trinajstić information content (AvgIpc) is 3.16. The van der Waals surface area contributed by atoms with E-state index in [4.69, 9.17) is 0 Å². The first-order valence-corrected chi connectivity index (χ1v) is 8.35. The van der Waals surface area contributed by atoms with Crippen LogP contribution in [-0.4, -0.2) is 16.1 Å². The highest BCUT2D eigenvalue weighted by molar-refractivity contribution is 7.15. The number of aromatic nitrogens is 2. The van der Waals surface area contributed by atoms with E-state index < -0.39 is 0 Å². The number of carbonyl (C=O) groups excluding carboxylic acids is 1. The molecule has 20 heavy (non-hydrogen) atoms. The van der Waals surface area contributed by atoms with Crippen molar-refractivity contribution in [2.75, 3.05) is 5.32 Å². The van der Waals surface area contributed by atoms with Gasteiger partial charge in [-0.05, 0) is 37.5 Å². The molecule has 1 aromatic rings. The summed E-state index contributed by atoms with van der Waals surface area (Å²) in [6.07, 6.45) is 8.73. The van der Waals surface area contributed by atoms with E-state index in [9.17, 15) is 4.79 Å². The number of hydrogen-bond acceptors (Lipinski definition) is 4. The Morgan fingerprint density at radius 1 is 1.35 bits per heavy atom. The fourth-order valence-corrected chi connectivity index (χ4v) is 4.38. The monoisotopic (exact) mass is 291 g/mol. The molecule has 2 bridgehead atoms. The van der Waals surface area contributed by atoms with Crippen molar-refractivity contribution in [1.29, 1.82) is 0 Å². The number of rotatable bonds is 5. The molecule has 0 aliphatic heterocycles. The minimum Gasteiger partial charge on any atom is -0.300 e. The molecule has 3 rings (SSSR count). The van der Waals surface area contributed by atoms with Gasteiger partial charge in [-0.2, -0.15) is 0 Å². The van der Waals surface area contributed by atoms with Crippen molar-refractivity contribution in [3.8, 4) is 0 Å². The number of nitrogens with zero attached hydrogens (tertiary/aromatic N) is 2. The van der Waals surface area contributed by atoms with Gasteiger partial charge >= 0.3 is 0 Å². The first kappa shape index (κ1) is 13.7. The highest BCUT2D eigenvalue weighted by atomic mass is 32.1. The van der Waals surface area contributed by atoms with Gasteiger partial charge in [0.1, 0.15) is 5.01 Å². The number of carbonyl (C=O) groups is 1. The fourth-order valence-electron chi connectivity index (χ4n) is 3.37. The van der Waals surface area contributed by atoms with E-state index in [2.05, 4.69) is 41.5 Å². The van der Waals surface area contributed by atoms with E-state index in [-0.39, 0.29) is 11.8 Å². The van der Waals surface area contributed by atoms with Crippen LogP contribution in [-0.2, 0) is 4.79 Å². The summed E-state index contributed by atoms with van der Waals surface area (Å²) in [4.78, 5) is 12.3. The Hall–Kier alpha value is -1.23. The molecule has 3 atom stereocenters. The summed E-state index contributed by atoms with van der Waals surface area (Å²) in [7, 11) is 0. The maximum Gasteiger partial charge on any atom is 0.229 e. The number of anilines is 1. The van der Waals surface area contributed by atoms with Crippen LogP contribution in [0.4, 0.5) is 5.13 Å². The van der Waals surface area contributed by atoms with E-state index in [0.29, 0.717) is 22.9 Å². The molecule has 0 aromatic carbocycles. The van der Waals surface area contributed by atoms with Crippen molar-refractivity contribution < 1.29 is 4.79 Å². The molecular formula is C15H21N3OS. The summed E-state index contributed by atoms with van der Waals surface area (Å²) in [5, 5.41) is 13.0. The standard InChI is InChI=1S/C15H21N3OS/c1-3-10(4-2)14-17-18-15(20-14)16-13(19)12-8-9-5-6-11(12)7-9/h5-6,9-12H,3-4,7-8H2,1-2H3,(H,16,18,19)/t9-,11-,12+/m0/s1. The van der Waals surface area contributed by atoms with E-state index in [1.165, 1.54) is 11.3 Å². The number of hydrogen-bond donors (Lipinski definition) is 1. The molecule has 1 saturated carbocycles. The molecule has 2 aliphatic carbocycles. The van der Waals surface area contributed by atoms with Gasteiger partial charge in [-0.1, -0.05) is 37.3 Å². The highest BCUT2D eigenvalue weighted by Crippen LogP contribution is 2.43. The van der Waals surface area contributed by atoms with Gasteiger partial charge in [0.05, 0.1) is 0 Å². The SMILES string of the molecule is CCC(CC)c1nnc(NC(=O)[C@@H]2C[C@H]3C=C[C@H]2C3)s1. The van der Waals surface area contributed by atoms with Crippen molar-refractivity contribution in [2.45, 2.75) is 45.4 Å². The van der Waals surface area contributed by atoms with Crippen LogP contribution in [0.5, 0.6) is 0 Å². The molecule has 0 unspecified atom stereocenters. The van der Waals surface area contributed by atoms with Crippen molar-refractivity contribution >= 4 is 22.4 Å². The molecule has 1 amide bonds. The third kappa shape index (κ3) is 2.51. The molecule has 0 radical (unpaired) electrons. The summed E-state index contributed by atoms with van der Waals surface area (Å²) in [6, 6.07) is 0. The molecule has 0 spiro atoms. The van der Waals surface area contributed by atoms with Crippen LogP contribution in [0.1, 0.15) is 50.5 Å². The third-order valence-electron chi connectivity index (χ3n) is 4.62.